The fourth-order valence-corrected chi connectivity index (χ4v) is 3.24. The number of anilines is 1. The van der Waals surface area contributed by atoms with Crippen LogP contribution < -0.4 is 11.1 Å². The fraction of sp³-hybridized carbons (Fsp3) is 0.417. The number of carbonyl (C=O) groups is 1. The van der Waals surface area contributed by atoms with Gasteiger partial charge in [0.05, 0.1) is 10.9 Å². The van der Waals surface area contributed by atoms with Crippen LogP contribution in [0.3, 0.4) is 0 Å². The average Bonchev–Trinajstić information content (AvgIpc) is 2.21. The van der Waals surface area contributed by atoms with Gasteiger partial charge in [0.15, 0.2) is 0 Å². The average molecular weight is 236 g/mol. The molecule has 1 heterocycles. The summed E-state index contributed by atoms with van der Waals surface area (Å²) in [5.41, 5.74) is 8.83. The van der Waals surface area contributed by atoms with Crippen molar-refractivity contribution in [1.29, 1.82) is 0 Å². The van der Waals surface area contributed by atoms with E-state index in [9.17, 15) is 4.79 Å². The molecule has 1 aliphatic rings. The summed E-state index contributed by atoms with van der Waals surface area (Å²) in [5.74, 6) is 0.0786. The Morgan fingerprint density at radius 3 is 2.88 bits per heavy atom. The van der Waals surface area contributed by atoms with Crippen molar-refractivity contribution in [2.24, 2.45) is 5.73 Å². The number of aryl methyl sites for hydroxylation is 2. The molecule has 86 valence electrons. The summed E-state index contributed by atoms with van der Waals surface area (Å²) < 4.78 is 0. The first-order valence-corrected chi connectivity index (χ1v) is 6.28. The number of fused-ring (bicyclic) bond motifs is 1. The largest absolute Gasteiger partial charge is 0.330 e. The molecule has 0 saturated heterocycles. The Balaban J connectivity index is 2.35. The highest BCUT2D eigenvalue weighted by molar-refractivity contribution is 8.01. The van der Waals surface area contributed by atoms with E-state index in [-0.39, 0.29) is 11.2 Å². The normalized spacial score (nSPS) is 19.2. The molecule has 3 N–H and O–H groups in total. The van der Waals surface area contributed by atoms with Crippen molar-refractivity contribution in [3.8, 4) is 0 Å². The molecule has 0 aromatic heterocycles. The zero-order valence-corrected chi connectivity index (χ0v) is 10.4. The first kappa shape index (κ1) is 11.5. The maximum atomic E-state index is 11.8. The predicted octanol–water partition coefficient (Wildman–Crippen LogP) is 2.07. The van der Waals surface area contributed by atoms with Gasteiger partial charge in [0.25, 0.3) is 0 Å². The second-order valence-electron chi connectivity index (χ2n) is 4.13. The van der Waals surface area contributed by atoms with E-state index < -0.39 is 0 Å². The van der Waals surface area contributed by atoms with Gasteiger partial charge in [-0.2, -0.15) is 0 Å². The van der Waals surface area contributed by atoms with E-state index in [2.05, 4.69) is 24.4 Å². The van der Waals surface area contributed by atoms with Gasteiger partial charge in [-0.25, -0.2) is 0 Å². The number of nitrogens with one attached hydrogen (secondary N) is 1. The maximum Gasteiger partial charge on any atom is 0.237 e. The van der Waals surface area contributed by atoms with Crippen molar-refractivity contribution in [3.63, 3.8) is 0 Å². The summed E-state index contributed by atoms with van der Waals surface area (Å²) in [6, 6.07) is 4.21. The van der Waals surface area contributed by atoms with Crippen LogP contribution in [0.15, 0.2) is 17.0 Å². The maximum absolute atomic E-state index is 11.8. The summed E-state index contributed by atoms with van der Waals surface area (Å²) >= 11 is 1.63. The van der Waals surface area contributed by atoms with Gasteiger partial charge >= 0.3 is 0 Å². The van der Waals surface area contributed by atoms with Crippen LogP contribution in [0.2, 0.25) is 0 Å². The van der Waals surface area contributed by atoms with Crippen LogP contribution in [0.1, 0.15) is 17.5 Å². The van der Waals surface area contributed by atoms with Gasteiger partial charge in [-0.05, 0) is 44.0 Å². The predicted molar refractivity (Wildman–Crippen MR) is 67.9 cm³/mol. The molecule has 1 aromatic rings. The molecular formula is C12H16N2OS. The van der Waals surface area contributed by atoms with Crippen LogP contribution in [-0.4, -0.2) is 17.7 Å². The lowest BCUT2D eigenvalue weighted by atomic mass is 10.1. The highest BCUT2D eigenvalue weighted by atomic mass is 32.2. The second-order valence-corrected chi connectivity index (χ2v) is 5.37. The quantitative estimate of drug-likeness (QED) is 0.826. The van der Waals surface area contributed by atoms with Crippen LogP contribution >= 0.6 is 11.8 Å². The van der Waals surface area contributed by atoms with Gasteiger partial charge in [0.1, 0.15) is 0 Å². The number of amides is 1. The summed E-state index contributed by atoms with van der Waals surface area (Å²) in [6.07, 6.45) is 0.725. The van der Waals surface area contributed by atoms with Crippen molar-refractivity contribution in [2.75, 3.05) is 11.9 Å². The highest BCUT2D eigenvalue weighted by Gasteiger charge is 2.27. The zero-order valence-electron chi connectivity index (χ0n) is 9.54. The van der Waals surface area contributed by atoms with E-state index in [1.54, 1.807) is 11.8 Å². The lowest BCUT2D eigenvalue weighted by Gasteiger charge is -2.25. The summed E-state index contributed by atoms with van der Waals surface area (Å²) in [5, 5.41) is 2.93. The van der Waals surface area contributed by atoms with Crippen molar-refractivity contribution >= 4 is 23.4 Å². The number of hydrogen-bond donors (Lipinski definition) is 2. The van der Waals surface area contributed by atoms with Crippen LogP contribution in [-0.2, 0) is 4.79 Å². The first-order valence-electron chi connectivity index (χ1n) is 5.40. The molecule has 3 nitrogen and oxygen atoms in total. The van der Waals surface area contributed by atoms with E-state index in [0.29, 0.717) is 6.54 Å². The van der Waals surface area contributed by atoms with Gasteiger partial charge in [-0.1, -0.05) is 6.07 Å². The number of rotatable bonds is 2. The molecule has 1 atom stereocenters. The number of benzene rings is 1. The van der Waals surface area contributed by atoms with Crippen LogP contribution in [0.25, 0.3) is 0 Å². The molecule has 16 heavy (non-hydrogen) atoms. The molecule has 0 aliphatic carbocycles. The molecule has 0 fully saturated rings. The molecule has 0 bridgehead atoms. The Morgan fingerprint density at radius 1 is 1.44 bits per heavy atom. The molecule has 1 amide bonds. The summed E-state index contributed by atoms with van der Waals surface area (Å²) in [7, 11) is 0. The molecule has 1 aliphatic heterocycles. The summed E-state index contributed by atoms with van der Waals surface area (Å²) in [4.78, 5) is 13.0. The van der Waals surface area contributed by atoms with Crippen molar-refractivity contribution in [1.82, 2.24) is 0 Å². The van der Waals surface area contributed by atoms with Gasteiger partial charge in [0.2, 0.25) is 5.91 Å². The molecule has 2 rings (SSSR count). The van der Waals surface area contributed by atoms with Gasteiger partial charge < -0.3 is 11.1 Å². The number of hydrogen-bond acceptors (Lipinski definition) is 3. The van der Waals surface area contributed by atoms with Crippen molar-refractivity contribution in [3.05, 3.63) is 23.3 Å². The molecule has 0 saturated carbocycles. The van der Waals surface area contributed by atoms with Crippen molar-refractivity contribution in [2.45, 2.75) is 30.4 Å². The van der Waals surface area contributed by atoms with E-state index in [1.165, 1.54) is 5.56 Å². The minimum Gasteiger partial charge on any atom is -0.330 e. The van der Waals surface area contributed by atoms with E-state index >= 15 is 0 Å². The second kappa shape index (κ2) is 4.47. The molecular weight excluding hydrogens is 220 g/mol. The molecule has 1 unspecified atom stereocenters. The molecule has 0 spiro atoms. The smallest absolute Gasteiger partial charge is 0.237 e. The van der Waals surface area contributed by atoms with Crippen LogP contribution in [0.4, 0.5) is 5.69 Å². The Kier molecular flexibility index (Phi) is 3.21. The minimum absolute atomic E-state index is 0.0429. The molecule has 1 aromatic carbocycles. The van der Waals surface area contributed by atoms with Crippen LogP contribution in [0.5, 0.6) is 0 Å². The topological polar surface area (TPSA) is 55.1 Å². The van der Waals surface area contributed by atoms with Gasteiger partial charge in [-0.3, -0.25) is 4.79 Å². The highest BCUT2D eigenvalue weighted by Crippen LogP contribution is 2.39. The van der Waals surface area contributed by atoms with E-state index in [4.69, 9.17) is 5.73 Å². The lowest BCUT2D eigenvalue weighted by molar-refractivity contribution is -0.115. The number of carbonyl (C=O) groups excluding carboxylic acids is 1. The lowest BCUT2D eigenvalue weighted by Crippen LogP contribution is -2.31. The Hall–Kier alpha value is -1.00. The monoisotopic (exact) mass is 236 g/mol. The third-order valence-corrected chi connectivity index (χ3v) is 3.99. The Labute approximate surface area is 99.8 Å². The summed E-state index contributed by atoms with van der Waals surface area (Å²) in [6.45, 7) is 4.64. The third-order valence-electron chi connectivity index (χ3n) is 2.68. The van der Waals surface area contributed by atoms with Crippen molar-refractivity contribution < 1.29 is 4.79 Å². The molecule has 0 radical (unpaired) electrons. The first-order chi connectivity index (χ1) is 7.61. The van der Waals surface area contributed by atoms with E-state index in [0.717, 1.165) is 22.6 Å². The Morgan fingerprint density at radius 2 is 2.19 bits per heavy atom. The number of thioether (sulfide) groups is 1. The minimum atomic E-state index is -0.0429. The number of nitrogens with two attached hydrogens (primary N) is 1. The van der Waals surface area contributed by atoms with Gasteiger partial charge in [-0.15, -0.1) is 11.8 Å². The molecule has 4 heteroatoms. The fourth-order valence-electron chi connectivity index (χ4n) is 1.93. The van der Waals surface area contributed by atoms with Gasteiger partial charge in [0, 0.05) is 4.90 Å². The Bertz CT molecular complexity index is 431. The zero-order chi connectivity index (χ0) is 11.7. The van der Waals surface area contributed by atoms with Crippen LogP contribution in [0, 0.1) is 13.8 Å². The standard InChI is InChI=1S/C12H16N2OS/c1-7-5-8(2)11-10(6-7)16-9(3-4-13)12(15)14-11/h5-6,9H,3-4,13H2,1-2H3,(H,14,15). The SMILES string of the molecule is Cc1cc(C)c2c(c1)SC(CCN)C(=O)N2. The third kappa shape index (κ3) is 2.08. The van der Waals surface area contributed by atoms with E-state index in [1.807, 2.05) is 6.92 Å².